The molecule has 102 valence electrons. The van der Waals surface area contributed by atoms with Crippen LogP contribution in [0.25, 0.3) is 0 Å². The summed E-state index contributed by atoms with van der Waals surface area (Å²) in [6.07, 6.45) is 3.86. The van der Waals surface area contributed by atoms with Gasteiger partial charge in [-0.25, -0.2) is 0 Å². The van der Waals surface area contributed by atoms with Crippen molar-refractivity contribution in [2.24, 2.45) is 0 Å². The quantitative estimate of drug-likeness (QED) is 0.890. The lowest BCUT2D eigenvalue weighted by Gasteiger charge is -2.26. The number of carbonyl (C=O) groups is 1. The molecule has 1 saturated carbocycles. The molecule has 4 heteroatoms. The Morgan fingerprint density at radius 3 is 2.58 bits per heavy atom. The summed E-state index contributed by atoms with van der Waals surface area (Å²) in [5.41, 5.74) is 0.631. The maximum Gasteiger partial charge on any atom is 0.230 e. The van der Waals surface area contributed by atoms with E-state index in [2.05, 4.69) is 10.6 Å². The maximum atomic E-state index is 12.6. The standard InChI is InChI=1S/C15H19ClN2O/c16-13-4-2-1-3-12(13)15(7-8-15)14(19)18-11-5-9-17-10-6-11/h1-4,11,17H,5-10H2,(H,18,19). The van der Waals surface area contributed by atoms with Crippen molar-refractivity contribution >= 4 is 17.5 Å². The van der Waals surface area contributed by atoms with Gasteiger partial charge in [0.1, 0.15) is 0 Å². The van der Waals surface area contributed by atoms with E-state index in [0.717, 1.165) is 44.3 Å². The number of amides is 1. The summed E-state index contributed by atoms with van der Waals surface area (Å²) in [4.78, 5) is 12.6. The predicted molar refractivity (Wildman–Crippen MR) is 76.4 cm³/mol. The fourth-order valence-corrected chi connectivity index (χ4v) is 3.20. The Bertz CT molecular complexity index is 479. The molecule has 3 rings (SSSR count). The first-order valence-corrected chi connectivity index (χ1v) is 7.37. The Morgan fingerprint density at radius 2 is 1.95 bits per heavy atom. The second-order valence-corrected chi connectivity index (χ2v) is 5.97. The van der Waals surface area contributed by atoms with Crippen molar-refractivity contribution in [3.63, 3.8) is 0 Å². The molecule has 1 aliphatic heterocycles. The number of piperidine rings is 1. The van der Waals surface area contributed by atoms with E-state index >= 15 is 0 Å². The molecule has 2 N–H and O–H groups in total. The van der Waals surface area contributed by atoms with E-state index < -0.39 is 0 Å². The van der Waals surface area contributed by atoms with Crippen molar-refractivity contribution in [3.8, 4) is 0 Å². The van der Waals surface area contributed by atoms with Crippen LogP contribution in [0.5, 0.6) is 0 Å². The van der Waals surface area contributed by atoms with Crippen molar-refractivity contribution < 1.29 is 4.79 Å². The first-order valence-electron chi connectivity index (χ1n) is 6.99. The van der Waals surface area contributed by atoms with Crippen LogP contribution in [-0.2, 0) is 10.2 Å². The van der Waals surface area contributed by atoms with Gasteiger partial charge in [-0.2, -0.15) is 0 Å². The fraction of sp³-hybridized carbons (Fsp3) is 0.533. The van der Waals surface area contributed by atoms with E-state index in [1.54, 1.807) is 0 Å². The van der Waals surface area contributed by atoms with E-state index in [9.17, 15) is 4.79 Å². The summed E-state index contributed by atoms with van der Waals surface area (Å²) in [6, 6.07) is 8.03. The van der Waals surface area contributed by atoms with Gasteiger partial charge >= 0.3 is 0 Å². The summed E-state index contributed by atoms with van der Waals surface area (Å²) < 4.78 is 0. The highest BCUT2D eigenvalue weighted by Crippen LogP contribution is 2.50. The van der Waals surface area contributed by atoms with Crippen molar-refractivity contribution in [3.05, 3.63) is 34.9 Å². The van der Waals surface area contributed by atoms with Gasteiger partial charge in [0.05, 0.1) is 5.41 Å². The lowest BCUT2D eigenvalue weighted by molar-refractivity contribution is -0.124. The molecule has 0 bridgehead atoms. The second-order valence-electron chi connectivity index (χ2n) is 5.56. The summed E-state index contributed by atoms with van der Waals surface area (Å²) in [6.45, 7) is 1.98. The molecular formula is C15H19ClN2O. The molecule has 0 aromatic heterocycles. The van der Waals surface area contributed by atoms with Crippen LogP contribution in [0.1, 0.15) is 31.2 Å². The first-order chi connectivity index (χ1) is 9.22. The van der Waals surface area contributed by atoms with E-state index in [1.165, 1.54) is 0 Å². The Labute approximate surface area is 118 Å². The molecule has 1 heterocycles. The van der Waals surface area contributed by atoms with Gasteiger partial charge in [-0.1, -0.05) is 29.8 Å². The SMILES string of the molecule is O=C(NC1CCNCC1)C1(c2ccccc2Cl)CC1. The van der Waals surface area contributed by atoms with Gasteiger partial charge in [-0.15, -0.1) is 0 Å². The average Bonchev–Trinajstić information content (AvgIpc) is 3.22. The third-order valence-electron chi connectivity index (χ3n) is 4.25. The zero-order chi connectivity index (χ0) is 13.3. The Morgan fingerprint density at radius 1 is 1.26 bits per heavy atom. The Hall–Kier alpha value is -1.06. The van der Waals surface area contributed by atoms with Crippen LogP contribution in [0.4, 0.5) is 0 Å². The number of halogens is 1. The Balaban J connectivity index is 1.74. The number of hydrogen-bond donors (Lipinski definition) is 2. The average molecular weight is 279 g/mol. The van der Waals surface area contributed by atoms with Crippen LogP contribution in [0.3, 0.4) is 0 Å². The molecule has 0 radical (unpaired) electrons. The molecule has 0 atom stereocenters. The fourth-order valence-electron chi connectivity index (χ4n) is 2.88. The minimum absolute atomic E-state index is 0.160. The van der Waals surface area contributed by atoms with Crippen LogP contribution >= 0.6 is 11.6 Å². The van der Waals surface area contributed by atoms with Crippen molar-refractivity contribution in [1.82, 2.24) is 10.6 Å². The zero-order valence-corrected chi connectivity index (χ0v) is 11.7. The lowest BCUT2D eigenvalue weighted by Crippen LogP contribution is -2.46. The molecule has 1 aromatic rings. The number of benzene rings is 1. The van der Waals surface area contributed by atoms with E-state index in [1.807, 2.05) is 24.3 Å². The maximum absolute atomic E-state index is 12.6. The van der Waals surface area contributed by atoms with Crippen molar-refractivity contribution in [2.45, 2.75) is 37.1 Å². The molecule has 1 aromatic carbocycles. The van der Waals surface area contributed by atoms with Crippen LogP contribution in [0, 0.1) is 0 Å². The first kappa shape index (κ1) is 12.9. The van der Waals surface area contributed by atoms with Gasteiger partial charge in [0.25, 0.3) is 0 Å². The van der Waals surface area contributed by atoms with E-state index in [0.29, 0.717) is 11.1 Å². The number of rotatable bonds is 3. The molecule has 2 aliphatic rings. The molecule has 19 heavy (non-hydrogen) atoms. The van der Waals surface area contributed by atoms with Gasteiger partial charge < -0.3 is 10.6 Å². The second kappa shape index (κ2) is 5.14. The third-order valence-corrected chi connectivity index (χ3v) is 4.58. The van der Waals surface area contributed by atoms with Crippen LogP contribution < -0.4 is 10.6 Å². The smallest absolute Gasteiger partial charge is 0.230 e. The van der Waals surface area contributed by atoms with Crippen LogP contribution in [0.15, 0.2) is 24.3 Å². The summed E-state index contributed by atoms with van der Waals surface area (Å²) >= 11 is 6.25. The molecule has 0 spiro atoms. The van der Waals surface area contributed by atoms with E-state index in [-0.39, 0.29) is 11.3 Å². The summed E-state index contributed by atoms with van der Waals surface area (Å²) in [5, 5.41) is 7.23. The van der Waals surface area contributed by atoms with Crippen molar-refractivity contribution in [1.29, 1.82) is 0 Å². The highest BCUT2D eigenvalue weighted by Gasteiger charge is 2.52. The zero-order valence-electron chi connectivity index (χ0n) is 10.9. The highest BCUT2D eigenvalue weighted by molar-refractivity contribution is 6.31. The minimum Gasteiger partial charge on any atom is -0.353 e. The Kier molecular flexibility index (Phi) is 3.50. The van der Waals surface area contributed by atoms with E-state index in [4.69, 9.17) is 11.6 Å². The topological polar surface area (TPSA) is 41.1 Å². The summed E-state index contributed by atoms with van der Waals surface area (Å²) in [5.74, 6) is 0.160. The predicted octanol–water partition coefficient (Wildman–Crippen LogP) is 2.24. The van der Waals surface area contributed by atoms with Gasteiger partial charge in [0.2, 0.25) is 5.91 Å². The number of hydrogen-bond acceptors (Lipinski definition) is 2. The molecule has 1 saturated heterocycles. The lowest BCUT2D eigenvalue weighted by atomic mass is 9.94. The van der Waals surface area contributed by atoms with Crippen molar-refractivity contribution in [2.75, 3.05) is 13.1 Å². The van der Waals surface area contributed by atoms with Gasteiger partial charge in [-0.3, -0.25) is 4.79 Å². The molecule has 2 fully saturated rings. The van der Waals surface area contributed by atoms with Gasteiger partial charge in [0, 0.05) is 11.1 Å². The molecule has 1 aliphatic carbocycles. The largest absolute Gasteiger partial charge is 0.353 e. The summed E-state index contributed by atoms with van der Waals surface area (Å²) in [7, 11) is 0. The molecule has 0 unspecified atom stereocenters. The monoisotopic (exact) mass is 278 g/mol. The minimum atomic E-state index is -0.358. The van der Waals surface area contributed by atoms with Crippen LogP contribution in [0.2, 0.25) is 5.02 Å². The third kappa shape index (κ3) is 2.49. The normalized spacial score (nSPS) is 21.9. The van der Waals surface area contributed by atoms with Gasteiger partial charge in [0.15, 0.2) is 0 Å². The highest BCUT2D eigenvalue weighted by atomic mass is 35.5. The molecule has 1 amide bonds. The molecule has 3 nitrogen and oxygen atoms in total. The number of carbonyl (C=O) groups excluding carboxylic acids is 1. The molecular weight excluding hydrogens is 260 g/mol. The van der Waals surface area contributed by atoms with Gasteiger partial charge in [-0.05, 0) is 50.4 Å². The number of nitrogens with one attached hydrogen (secondary N) is 2. The van der Waals surface area contributed by atoms with Crippen LogP contribution in [-0.4, -0.2) is 25.0 Å².